The Labute approximate surface area is 214 Å². The molecule has 1 fully saturated rings. The van der Waals surface area contributed by atoms with Crippen LogP contribution in [-0.2, 0) is 4.74 Å². The summed E-state index contributed by atoms with van der Waals surface area (Å²) in [5, 5.41) is 10.2. The van der Waals surface area contributed by atoms with Crippen LogP contribution in [0.2, 0.25) is 0 Å². The normalized spacial score (nSPS) is 14.8. The molecular weight excluding hydrogens is 471 g/mol. The number of hydrogen-bond acceptors (Lipinski definition) is 5. The largest absolute Gasteiger partial charge is 0.494 e. The molecule has 1 aromatic heterocycles. The number of carbonyl (C=O) groups is 1. The van der Waals surface area contributed by atoms with Gasteiger partial charge >= 0.3 is 6.09 Å². The van der Waals surface area contributed by atoms with Crippen molar-refractivity contribution < 1.29 is 18.7 Å². The highest BCUT2D eigenvalue weighted by molar-refractivity contribution is 5.91. The fraction of sp³-hybridized carbons (Fsp3) is 0.241. The second-order valence-corrected chi connectivity index (χ2v) is 9.47. The van der Waals surface area contributed by atoms with E-state index in [2.05, 4.69) is 33.7 Å². The highest BCUT2D eigenvalue weighted by Crippen LogP contribution is 2.36. The van der Waals surface area contributed by atoms with E-state index in [0.29, 0.717) is 24.0 Å². The molecule has 5 rings (SSSR count). The van der Waals surface area contributed by atoms with Gasteiger partial charge in [-0.2, -0.15) is 5.26 Å². The van der Waals surface area contributed by atoms with Crippen molar-refractivity contribution in [2.45, 2.75) is 25.4 Å². The summed E-state index contributed by atoms with van der Waals surface area (Å²) >= 11 is 0. The van der Waals surface area contributed by atoms with Crippen LogP contribution in [0, 0.1) is 17.1 Å². The van der Waals surface area contributed by atoms with Gasteiger partial charge in [-0.15, -0.1) is 0 Å². The number of ether oxygens (including phenoxy) is 2. The molecule has 0 atom stereocenters. The molecule has 0 spiro atoms. The molecule has 188 valence electrons. The van der Waals surface area contributed by atoms with Crippen molar-refractivity contribution in [1.82, 2.24) is 4.57 Å². The molecule has 1 saturated heterocycles. The Bertz CT molecular complexity index is 1510. The molecule has 0 unspecified atom stereocenters. The molecule has 1 amide bonds. The van der Waals surface area contributed by atoms with Gasteiger partial charge in [-0.25, -0.2) is 9.18 Å². The minimum atomic E-state index is -0.746. The van der Waals surface area contributed by atoms with Gasteiger partial charge in [0.1, 0.15) is 5.60 Å². The van der Waals surface area contributed by atoms with E-state index in [1.54, 1.807) is 18.2 Å². The molecule has 2 heterocycles. The van der Waals surface area contributed by atoms with Crippen molar-refractivity contribution in [2.75, 3.05) is 25.1 Å². The van der Waals surface area contributed by atoms with Gasteiger partial charge in [-0.05, 0) is 73.7 Å². The Hall–Kier alpha value is -4.51. The average molecular weight is 499 g/mol. The number of hydrogen-bond donors (Lipinski definition) is 1. The monoisotopic (exact) mass is 498 g/mol. The molecule has 2 N–H and O–H groups in total. The third-order valence-electron chi connectivity index (χ3n) is 7.02. The molecule has 0 radical (unpaired) electrons. The summed E-state index contributed by atoms with van der Waals surface area (Å²) in [6.07, 6.45) is 0.608. The number of fused-ring (bicyclic) bond motifs is 1. The third kappa shape index (κ3) is 4.68. The number of aromatic nitrogens is 1. The second-order valence-electron chi connectivity index (χ2n) is 9.47. The number of methoxy groups -OCH3 is 1. The van der Waals surface area contributed by atoms with Gasteiger partial charge in [0, 0.05) is 48.3 Å². The van der Waals surface area contributed by atoms with Gasteiger partial charge in [-0.1, -0.05) is 0 Å². The number of halogens is 1. The number of carbonyl (C=O) groups excluding carboxylic acids is 1. The first kappa shape index (κ1) is 24.2. The molecule has 37 heavy (non-hydrogen) atoms. The Morgan fingerprint density at radius 3 is 2.35 bits per heavy atom. The predicted molar refractivity (Wildman–Crippen MR) is 140 cm³/mol. The lowest BCUT2D eigenvalue weighted by Crippen LogP contribution is -2.46. The predicted octanol–water partition coefficient (Wildman–Crippen LogP) is 5.77. The molecular formula is C29H27FN4O3. The van der Waals surface area contributed by atoms with E-state index in [1.165, 1.54) is 13.2 Å². The molecule has 0 bridgehead atoms. The summed E-state index contributed by atoms with van der Waals surface area (Å²) in [7, 11) is 1.44. The standard InChI is InChI=1S/C29H27FN4O3/c1-29(37-28(32)35)11-13-33(14-12-29)23-8-9-25-21(15-23)17-26(20-5-10-27(36-2)24(30)16-20)34(25)22-6-3-19(18-31)4-7-22/h3-10,15-17H,11-14H2,1-2H3,(H2,32,35). The Morgan fingerprint density at radius 1 is 1.03 bits per heavy atom. The van der Waals surface area contributed by atoms with E-state index in [0.717, 1.165) is 41.1 Å². The first-order chi connectivity index (χ1) is 17.8. The van der Waals surface area contributed by atoms with Crippen LogP contribution in [0.25, 0.3) is 27.8 Å². The van der Waals surface area contributed by atoms with Crippen molar-refractivity contribution in [2.24, 2.45) is 5.73 Å². The number of benzene rings is 3. The quantitative estimate of drug-likeness (QED) is 0.377. The molecule has 1 aliphatic rings. The van der Waals surface area contributed by atoms with E-state index in [1.807, 2.05) is 31.2 Å². The van der Waals surface area contributed by atoms with Crippen molar-refractivity contribution in [1.29, 1.82) is 5.26 Å². The number of nitriles is 1. The van der Waals surface area contributed by atoms with Crippen LogP contribution in [-0.4, -0.2) is 36.5 Å². The van der Waals surface area contributed by atoms with Crippen LogP contribution in [0.3, 0.4) is 0 Å². The van der Waals surface area contributed by atoms with Gasteiger partial charge in [0.25, 0.3) is 0 Å². The summed E-state index contributed by atoms with van der Waals surface area (Å²) < 4.78 is 27.2. The van der Waals surface area contributed by atoms with Crippen LogP contribution in [0.1, 0.15) is 25.3 Å². The Kier molecular flexibility index (Phi) is 6.22. The van der Waals surface area contributed by atoms with Crippen molar-refractivity contribution in [3.05, 3.63) is 78.1 Å². The first-order valence-corrected chi connectivity index (χ1v) is 12.0. The van der Waals surface area contributed by atoms with Crippen LogP contribution >= 0.6 is 0 Å². The summed E-state index contributed by atoms with van der Waals surface area (Å²) in [6.45, 7) is 3.36. The molecule has 7 nitrogen and oxygen atoms in total. The highest BCUT2D eigenvalue weighted by atomic mass is 19.1. The van der Waals surface area contributed by atoms with Crippen LogP contribution < -0.4 is 15.4 Å². The number of amides is 1. The van der Waals surface area contributed by atoms with Gasteiger partial charge < -0.3 is 24.7 Å². The lowest BCUT2D eigenvalue weighted by atomic mass is 9.93. The van der Waals surface area contributed by atoms with Crippen molar-refractivity contribution >= 4 is 22.7 Å². The Morgan fingerprint density at radius 2 is 1.73 bits per heavy atom. The Balaban J connectivity index is 1.56. The summed E-state index contributed by atoms with van der Waals surface area (Å²) in [4.78, 5) is 13.5. The maximum atomic E-state index is 14.7. The maximum Gasteiger partial charge on any atom is 0.405 e. The van der Waals surface area contributed by atoms with Gasteiger partial charge in [0.15, 0.2) is 11.6 Å². The fourth-order valence-corrected chi connectivity index (χ4v) is 4.98. The minimum absolute atomic E-state index is 0.185. The van der Waals surface area contributed by atoms with Crippen molar-refractivity contribution in [3.63, 3.8) is 0 Å². The highest BCUT2D eigenvalue weighted by Gasteiger charge is 2.33. The molecule has 0 aliphatic carbocycles. The molecule has 0 saturated carbocycles. The smallest absolute Gasteiger partial charge is 0.405 e. The third-order valence-corrected chi connectivity index (χ3v) is 7.02. The summed E-state index contributed by atoms with van der Waals surface area (Å²) in [5.41, 5.74) is 9.66. The first-order valence-electron chi connectivity index (χ1n) is 12.0. The van der Waals surface area contributed by atoms with Gasteiger partial charge in [0.2, 0.25) is 0 Å². The fourth-order valence-electron chi connectivity index (χ4n) is 4.98. The summed E-state index contributed by atoms with van der Waals surface area (Å²) in [6, 6.07) is 22.7. The number of nitrogens with two attached hydrogens (primary N) is 1. The number of primary amides is 1. The number of nitrogens with zero attached hydrogens (tertiary/aromatic N) is 3. The second kappa shape index (κ2) is 9.51. The van der Waals surface area contributed by atoms with Crippen LogP contribution in [0.5, 0.6) is 5.75 Å². The molecule has 8 heteroatoms. The number of piperidine rings is 1. The zero-order valence-corrected chi connectivity index (χ0v) is 20.7. The zero-order valence-electron chi connectivity index (χ0n) is 20.7. The van der Waals surface area contributed by atoms with Gasteiger partial charge in [0.05, 0.1) is 30.0 Å². The summed E-state index contributed by atoms with van der Waals surface area (Å²) in [5.74, 6) is -0.253. The van der Waals surface area contributed by atoms with Crippen molar-refractivity contribution in [3.8, 4) is 28.8 Å². The topological polar surface area (TPSA) is 93.5 Å². The van der Waals surface area contributed by atoms with E-state index in [-0.39, 0.29) is 5.75 Å². The van der Waals surface area contributed by atoms with Gasteiger partial charge in [-0.3, -0.25) is 0 Å². The van der Waals surface area contributed by atoms with E-state index in [9.17, 15) is 14.4 Å². The minimum Gasteiger partial charge on any atom is -0.494 e. The van der Waals surface area contributed by atoms with E-state index >= 15 is 0 Å². The lowest BCUT2D eigenvalue weighted by molar-refractivity contribution is 0.0127. The number of rotatable bonds is 5. The SMILES string of the molecule is COc1ccc(-c2cc3cc(N4CCC(C)(OC(N)=O)CC4)ccc3n2-c2ccc(C#N)cc2)cc1F. The van der Waals surface area contributed by atoms with E-state index in [4.69, 9.17) is 15.2 Å². The molecule has 4 aromatic rings. The molecule has 1 aliphatic heterocycles. The zero-order chi connectivity index (χ0) is 26.2. The maximum absolute atomic E-state index is 14.7. The average Bonchev–Trinajstić information content (AvgIpc) is 3.27. The van der Waals surface area contributed by atoms with Crippen LogP contribution in [0.15, 0.2) is 66.7 Å². The molecule has 3 aromatic carbocycles. The lowest BCUT2D eigenvalue weighted by Gasteiger charge is -2.39. The van der Waals surface area contributed by atoms with Crippen LogP contribution in [0.4, 0.5) is 14.9 Å². The number of anilines is 1. The van der Waals surface area contributed by atoms with E-state index < -0.39 is 17.5 Å².